The first-order chi connectivity index (χ1) is 10.5. The largest absolute Gasteiger partial charge is 0.496 e. The second-order valence-corrected chi connectivity index (χ2v) is 5.64. The van der Waals surface area contributed by atoms with Gasteiger partial charge in [-0.15, -0.1) is 0 Å². The molecule has 0 saturated carbocycles. The van der Waals surface area contributed by atoms with Crippen LogP contribution in [0.2, 0.25) is 0 Å². The SMILES string of the molecule is COc1ccc(C)cc1[C@H](C)NC(=O)Cc1ccccc1C. The molecule has 116 valence electrons. The van der Waals surface area contributed by atoms with Crippen molar-refractivity contribution in [3.05, 3.63) is 64.7 Å². The van der Waals surface area contributed by atoms with Gasteiger partial charge in [-0.1, -0.05) is 42.0 Å². The fourth-order valence-corrected chi connectivity index (χ4v) is 2.54. The van der Waals surface area contributed by atoms with Gasteiger partial charge in [0.1, 0.15) is 5.75 Å². The molecule has 0 saturated heterocycles. The Morgan fingerprint density at radius 2 is 1.91 bits per heavy atom. The fraction of sp³-hybridized carbons (Fsp3) is 0.316. The van der Waals surface area contributed by atoms with Gasteiger partial charge in [0.05, 0.1) is 19.6 Å². The Morgan fingerprint density at radius 1 is 1.18 bits per heavy atom. The van der Waals surface area contributed by atoms with Gasteiger partial charge < -0.3 is 10.1 Å². The molecule has 0 aliphatic heterocycles. The Balaban J connectivity index is 2.09. The number of carbonyl (C=O) groups excluding carboxylic acids is 1. The number of benzene rings is 2. The fourth-order valence-electron chi connectivity index (χ4n) is 2.54. The van der Waals surface area contributed by atoms with Gasteiger partial charge in [0.2, 0.25) is 5.91 Å². The summed E-state index contributed by atoms with van der Waals surface area (Å²) < 4.78 is 5.39. The van der Waals surface area contributed by atoms with Crippen LogP contribution in [0.25, 0.3) is 0 Å². The summed E-state index contributed by atoms with van der Waals surface area (Å²) in [7, 11) is 1.65. The number of nitrogens with one attached hydrogen (secondary N) is 1. The molecule has 22 heavy (non-hydrogen) atoms. The summed E-state index contributed by atoms with van der Waals surface area (Å²) in [6, 6.07) is 13.9. The van der Waals surface area contributed by atoms with Crippen molar-refractivity contribution in [3.63, 3.8) is 0 Å². The van der Waals surface area contributed by atoms with Crippen LogP contribution in [0.15, 0.2) is 42.5 Å². The summed E-state index contributed by atoms with van der Waals surface area (Å²) in [5.74, 6) is 0.819. The number of methoxy groups -OCH3 is 1. The van der Waals surface area contributed by atoms with Gasteiger partial charge in [-0.3, -0.25) is 4.79 Å². The number of hydrogen-bond acceptors (Lipinski definition) is 2. The van der Waals surface area contributed by atoms with E-state index in [9.17, 15) is 4.79 Å². The summed E-state index contributed by atoms with van der Waals surface area (Å²) in [6.45, 7) is 6.04. The highest BCUT2D eigenvalue weighted by molar-refractivity contribution is 5.79. The van der Waals surface area contributed by atoms with Crippen LogP contribution < -0.4 is 10.1 Å². The molecule has 0 aliphatic carbocycles. The van der Waals surface area contributed by atoms with Crippen molar-refractivity contribution in [2.75, 3.05) is 7.11 Å². The molecule has 2 aromatic rings. The van der Waals surface area contributed by atoms with E-state index in [0.29, 0.717) is 6.42 Å². The van der Waals surface area contributed by atoms with Crippen molar-refractivity contribution in [2.45, 2.75) is 33.2 Å². The predicted molar refractivity (Wildman–Crippen MR) is 89.2 cm³/mol. The summed E-state index contributed by atoms with van der Waals surface area (Å²) in [4.78, 5) is 12.3. The molecule has 0 unspecified atom stereocenters. The third-order valence-electron chi connectivity index (χ3n) is 3.84. The Bertz CT molecular complexity index is 664. The second kappa shape index (κ2) is 7.12. The lowest BCUT2D eigenvalue weighted by molar-refractivity contribution is -0.121. The second-order valence-electron chi connectivity index (χ2n) is 5.64. The van der Waals surface area contributed by atoms with Crippen molar-refractivity contribution in [2.24, 2.45) is 0 Å². The topological polar surface area (TPSA) is 38.3 Å². The molecule has 2 rings (SSSR count). The summed E-state index contributed by atoms with van der Waals surface area (Å²) in [6.07, 6.45) is 0.394. The first kappa shape index (κ1) is 16.1. The molecule has 0 aliphatic rings. The van der Waals surface area contributed by atoms with Crippen LogP contribution in [0.5, 0.6) is 5.75 Å². The molecule has 1 N–H and O–H groups in total. The van der Waals surface area contributed by atoms with Crippen molar-refractivity contribution in [3.8, 4) is 5.75 Å². The molecule has 3 heteroatoms. The third-order valence-corrected chi connectivity index (χ3v) is 3.84. The molecule has 0 aromatic heterocycles. The number of aryl methyl sites for hydroxylation is 2. The summed E-state index contributed by atoms with van der Waals surface area (Å²) >= 11 is 0. The van der Waals surface area contributed by atoms with Crippen LogP contribution in [-0.2, 0) is 11.2 Å². The average molecular weight is 297 g/mol. The van der Waals surface area contributed by atoms with Crippen molar-refractivity contribution >= 4 is 5.91 Å². The molecule has 0 radical (unpaired) electrons. The lowest BCUT2D eigenvalue weighted by atomic mass is 10.0. The van der Waals surface area contributed by atoms with Gasteiger partial charge in [0.15, 0.2) is 0 Å². The van der Waals surface area contributed by atoms with Crippen LogP contribution in [0, 0.1) is 13.8 Å². The van der Waals surface area contributed by atoms with Crippen LogP contribution in [0.3, 0.4) is 0 Å². The Kier molecular flexibility index (Phi) is 5.21. The third kappa shape index (κ3) is 3.88. The average Bonchev–Trinajstić information content (AvgIpc) is 2.49. The number of amides is 1. The van der Waals surface area contributed by atoms with Gasteiger partial charge in [-0.25, -0.2) is 0 Å². The monoisotopic (exact) mass is 297 g/mol. The van der Waals surface area contributed by atoms with Crippen LogP contribution >= 0.6 is 0 Å². The zero-order chi connectivity index (χ0) is 16.1. The number of hydrogen-bond donors (Lipinski definition) is 1. The maximum absolute atomic E-state index is 12.3. The minimum atomic E-state index is -0.0913. The van der Waals surface area contributed by atoms with E-state index in [-0.39, 0.29) is 11.9 Å². The molecule has 0 heterocycles. The lowest BCUT2D eigenvalue weighted by Crippen LogP contribution is -2.28. The predicted octanol–water partition coefficient (Wildman–Crippen LogP) is 3.73. The quantitative estimate of drug-likeness (QED) is 0.913. The highest BCUT2D eigenvalue weighted by Crippen LogP contribution is 2.26. The normalized spacial score (nSPS) is 11.8. The van der Waals surface area contributed by atoms with Crippen molar-refractivity contribution < 1.29 is 9.53 Å². The van der Waals surface area contributed by atoms with Crippen molar-refractivity contribution in [1.29, 1.82) is 0 Å². The standard InChI is InChI=1S/C19H23NO2/c1-13-9-10-18(22-4)17(11-13)15(3)20-19(21)12-16-8-6-5-7-14(16)2/h5-11,15H,12H2,1-4H3,(H,20,21)/t15-/m0/s1. The Labute approximate surface area is 132 Å². The van der Waals surface area contributed by atoms with Crippen molar-refractivity contribution in [1.82, 2.24) is 5.32 Å². The zero-order valence-electron chi connectivity index (χ0n) is 13.6. The first-order valence-corrected chi connectivity index (χ1v) is 7.49. The minimum absolute atomic E-state index is 0.0189. The molecular formula is C19H23NO2. The van der Waals surface area contributed by atoms with E-state index in [1.165, 1.54) is 0 Å². The number of ether oxygens (including phenoxy) is 1. The molecule has 0 spiro atoms. The van der Waals surface area contributed by atoms with E-state index in [0.717, 1.165) is 28.0 Å². The summed E-state index contributed by atoms with van der Waals surface area (Å²) in [5, 5.41) is 3.05. The van der Waals surface area contributed by atoms with Crippen LogP contribution in [0.1, 0.15) is 35.2 Å². The van der Waals surface area contributed by atoms with E-state index < -0.39 is 0 Å². The lowest BCUT2D eigenvalue weighted by Gasteiger charge is -2.18. The molecule has 3 nitrogen and oxygen atoms in total. The molecule has 0 bridgehead atoms. The summed E-state index contributed by atoms with van der Waals surface area (Å²) in [5.41, 5.74) is 4.35. The van der Waals surface area contributed by atoms with E-state index in [4.69, 9.17) is 4.74 Å². The number of rotatable bonds is 5. The number of carbonyl (C=O) groups is 1. The van der Waals surface area contributed by atoms with Gasteiger partial charge in [0, 0.05) is 5.56 Å². The highest BCUT2D eigenvalue weighted by Gasteiger charge is 2.15. The molecule has 0 fully saturated rings. The highest BCUT2D eigenvalue weighted by atomic mass is 16.5. The van der Waals surface area contributed by atoms with E-state index in [2.05, 4.69) is 11.4 Å². The zero-order valence-corrected chi connectivity index (χ0v) is 13.6. The molecule has 1 amide bonds. The smallest absolute Gasteiger partial charge is 0.224 e. The van der Waals surface area contributed by atoms with Gasteiger partial charge in [-0.2, -0.15) is 0 Å². The molecule has 1 atom stereocenters. The van der Waals surface area contributed by atoms with Crippen LogP contribution in [0.4, 0.5) is 0 Å². The maximum Gasteiger partial charge on any atom is 0.224 e. The van der Waals surface area contributed by atoms with Crippen LogP contribution in [-0.4, -0.2) is 13.0 Å². The maximum atomic E-state index is 12.3. The van der Waals surface area contributed by atoms with E-state index in [1.54, 1.807) is 7.11 Å². The van der Waals surface area contributed by atoms with E-state index in [1.807, 2.05) is 57.2 Å². The minimum Gasteiger partial charge on any atom is -0.496 e. The van der Waals surface area contributed by atoms with E-state index >= 15 is 0 Å². The first-order valence-electron chi connectivity index (χ1n) is 7.49. The van der Waals surface area contributed by atoms with Gasteiger partial charge in [-0.05, 0) is 38.0 Å². The molecule has 2 aromatic carbocycles. The molecular weight excluding hydrogens is 274 g/mol. The Hall–Kier alpha value is -2.29. The van der Waals surface area contributed by atoms with Gasteiger partial charge in [0.25, 0.3) is 0 Å². The Morgan fingerprint density at radius 3 is 2.59 bits per heavy atom. The van der Waals surface area contributed by atoms with Gasteiger partial charge >= 0.3 is 0 Å².